The maximum absolute atomic E-state index is 12.4. The molecule has 0 spiro atoms. The maximum Gasteiger partial charge on any atom is 0.268 e. The molecule has 7 nitrogen and oxygen atoms in total. The van der Waals surface area contributed by atoms with E-state index >= 15 is 0 Å². The van der Waals surface area contributed by atoms with Crippen molar-refractivity contribution in [3.63, 3.8) is 0 Å². The van der Waals surface area contributed by atoms with E-state index in [-0.39, 0.29) is 13.2 Å². The minimum Gasteiger partial charge on any atom is -0.756 e. The zero-order chi connectivity index (χ0) is 38.3. The van der Waals surface area contributed by atoms with Crippen LogP contribution in [0.3, 0.4) is 0 Å². The van der Waals surface area contributed by atoms with E-state index in [0.717, 1.165) is 44.9 Å². The van der Waals surface area contributed by atoms with Gasteiger partial charge in [0.15, 0.2) is 0 Å². The van der Waals surface area contributed by atoms with Crippen molar-refractivity contribution in [2.75, 3.05) is 60.7 Å². The molecule has 0 heterocycles. The van der Waals surface area contributed by atoms with Gasteiger partial charge in [0.05, 0.1) is 34.4 Å². The van der Waals surface area contributed by atoms with Gasteiger partial charge in [-0.15, -0.1) is 0 Å². The van der Waals surface area contributed by atoms with Crippen LogP contribution in [-0.2, 0) is 23.1 Å². The van der Waals surface area contributed by atoms with Gasteiger partial charge in [0, 0.05) is 13.2 Å². The van der Waals surface area contributed by atoms with E-state index in [1.54, 1.807) is 0 Å². The number of ether oxygens (including phenoxy) is 2. The summed E-state index contributed by atoms with van der Waals surface area (Å²) in [6.07, 6.45) is 46.8. The predicted octanol–water partition coefficient (Wildman–Crippen LogP) is 12.2. The topological polar surface area (TPSA) is 77.1 Å². The van der Waals surface area contributed by atoms with Gasteiger partial charge in [0.1, 0.15) is 19.3 Å². The fourth-order valence-corrected chi connectivity index (χ4v) is 6.26. The Hall–Kier alpha value is -1.05. The third-order valence-corrected chi connectivity index (χ3v) is 9.89. The predicted molar refractivity (Wildman–Crippen MR) is 222 cm³/mol. The van der Waals surface area contributed by atoms with Gasteiger partial charge in [-0.3, -0.25) is 4.57 Å². The molecule has 8 heteroatoms. The number of hydrogen-bond acceptors (Lipinski definition) is 6. The Morgan fingerprint density at radius 2 is 0.942 bits per heavy atom. The lowest BCUT2D eigenvalue weighted by atomic mass is 10.1. The summed E-state index contributed by atoms with van der Waals surface area (Å²) >= 11 is 0. The van der Waals surface area contributed by atoms with Crippen LogP contribution in [0.5, 0.6) is 0 Å². The lowest BCUT2D eigenvalue weighted by Crippen LogP contribution is -2.37. The highest BCUT2D eigenvalue weighted by atomic mass is 31.2. The van der Waals surface area contributed by atoms with Gasteiger partial charge in [-0.25, -0.2) is 0 Å². The van der Waals surface area contributed by atoms with Crippen molar-refractivity contribution in [2.24, 2.45) is 0 Å². The Kier molecular flexibility index (Phi) is 37.5. The molecule has 0 saturated carbocycles. The van der Waals surface area contributed by atoms with E-state index in [2.05, 4.69) is 62.5 Å². The third kappa shape index (κ3) is 41.7. The number of likely N-dealkylation sites (N-methyl/N-ethyl adjacent to an activating group) is 1. The van der Waals surface area contributed by atoms with Crippen molar-refractivity contribution < 1.29 is 32.5 Å². The van der Waals surface area contributed by atoms with Crippen molar-refractivity contribution in [3.8, 4) is 0 Å². The summed E-state index contributed by atoms with van der Waals surface area (Å²) in [5.41, 5.74) is 0. The second kappa shape index (κ2) is 38.2. The molecule has 0 aliphatic rings. The van der Waals surface area contributed by atoms with E-state index in [9.17, 15) is 9.46 Å². The molecule has 0 aromatic carbocycles. The monoisotopic (exact) mass is 754 g/mol. The Morgan fingerprint density at radius 1 is 0.519 bits per heavy atom. The summed E-state index contributed by atoms with van der Waals surface area (Å²) in [6, 6.07) is 0. The summed E-state index contributed by atoms with van der Waals surface area (Å²) < 4.78 is 35.3. The fourth-order valence-electron chi connectivity index (χ4n) is 5.53. The van der Waals surface area contributed by atoms with Gasteiger partial charge >= 0.3 is 0 Å². The standard InChI is InChI=1S/C44H84NO6P/c1-6-8-10-12-14-16-18-20-22-24-26-28-30-32-34-36-39-48-42-44(43-51-52(46,47)50-41-38-45(3,4)5)49-40-37-35-33-31-29-27-25-23-21-19-17-15-13-11-9-7-2/h14-17,20-23,44H,6-13,18-19,24-43H2,1-5H3/b16-14-,17-15-,22-20-,23-21-/t44-/m1/s1. The quantitative estimate of drug-likeness (QED) is 0.0268. The Bertz CT molecular complexity index is 913. The van der Waals surface area contributed by atoms with E-state index in [4.69, 9.17) is 18.5 Å². The van der Waals surface area contributed by atoms with Crippen LogP contribution in [0.1, 0.15) is 168 Å². The molecule has 0 aromatic rings. The zero-order valence-electron chi connectivity index (χ0n) is 34.8. The summed E-state index contributed by atoms with van der Waals surface area (Å²) in [5, 5.41) is 0. The van der Waals surface area contributed by atoms with Crippen molar-refractivity contribution >= 4 is 7.82 Å². The lowest BCUT2D eigenvalue weighted by molar-refractivity contribution is -0.870. The molecule has 0 fully saturated rings. The second-order valence-electron chi connectivity index (χ2n) is 15.3. The highest BCUT2D eigenvalue weighted by Crippen LogP contribution is 2.38. The first-order chi connectivity index (χ1) is 25.2. The molecule has 2 atom stereocenters. The molecule has 52 heavy (non-hydrogen) atoms. The molecule has 0 radical (unpaired) electrons. The molecule has 306 valence electrons. The molecule has 1 unspecified atom stereocenters. The van der Waals surface area contributed by atoms with E-state index in [1.807, 2.05) is 21.1 Å². The molecule has 0 saturated heterocycles. The normalized spacial score (nSPS) is 14.5. The Morgan fingerprint density at radius 3 is 1.40 bits per heavy atom. The van der Waals surface area contributed by atoms with Gasteiger partial charge in [-0.05, 0) is 77.0 Å². The number of allylic oxidation sites excluding steroid dienone is 8. The largest absolute Gasteiger partial charge is 0.756 e. The van der Waals surface area contributed by atoms with E-state index in [1.165, 1.54) is 109 Å². The summed E-state index contributed by atoms with van der Waals surface area (Å²) in [6.45, 7) is 6.61. The van der Waals surface area contributed by atoms with Gasteiger partial charge in [-0.2, -0.15) is 0 Å². The average Bonchev–Trinajstić information content (AvgIpc) is 3.10. The molecule has 0 N–H and O–H groups in total. The number of rotatable bonds is 40. The highest BCUT2D eigenvalue weighted by Gasteiger charge is 2.18. The second-order valence-corrected chi connectivity index (χ2v) is 16.7. The maximum atomic E-state index is 12.4. The van der Waals surface area contributed by atoms with Gasteiger partial charge < -0.3 is 27.9 Å². The third-order valence-electron chi connectivity index (χ3n) is 8.92. The number of hydrogen-bond donors (Lipinski definition) is 0. The highest BCUT2D eigenvalue weighted by molar-refractivity contribution is 7.45. The molecule has 0 aliphatic heterocycles. The first-order valence-corrected chi connectivity index (χ1v) is 22.9. The average molecular weight is 754 g/mol. The molecule has 0 aliphatic carbocycles. The summed E-state index contributed by atoms with van der Waals surface area (Å²) in [4.78, 5) is 12.4. The van der Waals surface area contributed by atoms with Crippen molar-refractivity contribution in [2.45, 2.75) is 174 Å². The first kappa shape index (κ1) is 51.0. The lowest BCUT2D eigenvalue weighted by Gasteiger charge is -2.28. The van der Waals surface area contributed by atoms with Gasteiger partial charge in [0.2, 0.25) is 0 Å². The van der Waals surface area contributed by atoms with E-state index < -0.39 is 13.9 Å². The molecule has 0 aromatic heterocycles. The van der Waals surface area contributed by atoms with Gasteiger partial charge in [-0.1, -0.05) is 140 Å². The smallest absolute Gasteiger partial charge is 0.268 e. The molecule has 0 rings (SSSR count). The van der Waals surface area contributed by atoms with E-state index in [0.29, 0.717) is 30.8 Å². The molecule has 0 amide bonds. The number of phosphoric acid groups is 1. The minimum atomic E-state index is -4.40. The van der Waals surface area contributed by atoms with Crippen LogP contribution in [0.25, 0.3) is 0 Å². The minimum absolute atomic E-state index is 0.0863. The number of quaternary nitrogens is 1. The first-order valence-electron chi connectivity index (χ1n) is 21.4. The number of unbranched alkanes of at least 4 members (excludes halogenated alkanes) is 18. The number of nitrogens with zero attached hydrogens (tertiary/aromatic N) is 1. The van der Waals surface area contributed by atoms with Crippen LogP contribution in [0, 0.1) is 0 Å². The summed E-state index contributed by atoms with van der Waals surface area (Å²) in [5.74, 6) is 0. The van der Waals surface area contributed by atoms with Crippen LogP contribution >= 0.6 is 7.82 Å². The SMILES string of the molecule is CCCCC/C=C\C/C=C\CCCCCCCCOC[C@H](COP(=O)([O-])OCC[N+](C)(C)C)OCCCCCCCC/C=C\C/C=C\CCCCC. The van der Waals surface area contributed by atoms with Crippen LogP contribution in [-0.4, -0.2) is 71.3 Å². The Labute approximate surface area is 322 Å². The molecular weight excluding hydrogens is 669 g/mol. The van der Waals surface area contributed by atoms with Crippen molar-refractivity contribution in [1.82, 2.24) is 0 Å². The molecule has 0 bridgehead atoms. The van der Waals surface area contributed by atoms with Crippen LogP contribution < -0.4 is 4.89 Å². The zero-order valence-corrected chi connectivity index (χ0v) is 35.6. The Balaban J connectivity index is 4.17. The fraction of sp³-hybridized carbons (Fsp3) is 0.818. The molecular formula is C44H84NO6P. The van der Waals surface area contributed by atoms with Gasteiger partial charge in [0.25, 0.3) is 7.82 Å². The summed E-state index contributed by atoms with van der Waals surface area (Å²) in [7, 11) is 1.57. The van der Waals surface area contributed by atoms with Crippen LogP contribution in [0.4, 0.5) is 0 Å². The van der Waals surface area contributed by atoms with Crippen molar-refractivity contribution in [1.29, 1.82) is 0 Å². The number of phosphoric ester groups is 1. The van der Waals surface area contributed by atoms with Crippen molar-refractivity contribution in [3.05, 3.63) is 48.6 Å². The van der Waals surface area contributed by atoms with Crippen LogP contribution in [0.2, 0.25) is 0 Å². The van der Waals surface area contributed by atoms with Crippen LogP contribution in [0.15, 0.2) is 48.6 Å².